The molecule has 1 aromatic rings. The molecule has 0 aromatic heterocycles. The monoisotopic (exact) mass is 298 g/mol. The first-order chi connectivity index (χ1) is 9.82. The minimum absolute atomic E-state index is 0.0309. The molecule has 0 fully saturated rings. The van der Waals surface area contributed by atoms with Gasteiger partial charge >= 0.3 is 5.97 Å². The summed E-state index contributed by atoms with van der Waals surface area (Å²) in [4.78, 5) is 21.0. The number of rotatable bonds is 8. The predicted octanol–water partition coefficient (Wildman–Crippen LogP) is 3.67. The van der Waals surface area contributed by atoms with Crippen LogP contribution in [0.15, 0.2) is 12.1 Å². The summed E-state index contributed by atoms with van der Waals surface area (Å²) < 4.78 is 13.5. The number of nitro groups is 1. The number of benzene rings is 1. The van der Waals surface area contributed by atoms with Crippen LogP contribution in [0.4, 0.5) is 15.8 Å². The lowest BCUT2D eigenvalue weighted by molar-refractivity contribution is -0.384. The van der Waals surface area contributed by atoms with E-state index in [1.165, 1.54) is 0 Å². The molecule has 21 heavy (non-hydrogen) atoms. The molecule has 116 valence electrons. The molecule has 2 N–H and O–H groups in total. The van der Waals surface area contributed by atoms with E-state index in [4.69, 9.17) is 5.11 Å². The minimum Gasteiger partial charge on any atom is -0.478 e. The van der Waals surface area contributed by atoms with Crippen LogP contribution in [0.2, 0.25) is 0 Å². The quantitative estimate of drug-likeness (QED) is 0.434. The molecular weight excluding hydrogens is 279 g/mol. The third kappa shape index (κ3) is 5.02. The van der Waals surface area contributed by atoms with Crippen LogP contribution in [-0.2, 0) is 0 Å². The van der Waals surface area contributed by atoms with Gasteiger partial charge in [-0.15, -0.1) is 0 Å². The molecule has 0 spiro atoms. The maximum Gasteiger partial charge on any atom is 0.338 e. The predicted molar refractivity (Wildman–Crippen MR) is 77.2 cm³/mol. The molecule has 0 aliphatic rings. The fourth-order valence-electron chi connectivity index (χ4n) is 1.92. The van der Waals surface area contributed by atoms with Crippen molar-refractivity contribution in [3.05, 3.63) is 33.6 Å². The maximum atomic E-state index is 13.5. The Hall–Kier alpha value is -2.18. The van der Waals surface area contributed by atoms with Crippen LogP contribution in [0.3, 0.4) is 0 Å². The first-order valence-corrected chi connectivity index (χ1v) is 6.78. The van der Waals surface area contributed by atoms with E-state index in [0.717, 1.165) is 25.3 Å². The molecule has 1 aromatic carbocycles. The number of carboxylic acid groups (broad SMARTS) is 1. The highest BCUT2D eigenvalue weighted by Gasteiger charge is 2.21. The van der Waals surface area contributed by atoms with Crippen molar-refractivity contribution >= 4 is 17.3 Å². The molecule has 0 aliphatic heterocycles. The number of nitrogens with one attached hydrogen (secondary N) is 1. The summed E-state index contributed by atoms with van der Waals surface area (Å²) in [6.45, 7) is 4.69. The van der Waals surface area contributed by atoms with Crippen molar-refractivity contribution in [1.29, 1.82) is 0 Å². The molecule has 0 atom stereocenters. The van der Waals surface area contributed by atoms with E-state index in [1.54, 1.807) is 0 Å². The summed E-state index contributed by atoms with van der Waals surface area (Å²) in [7, 11) is 0. The van der Waals surface area contributed by atoms with Gasteiger partial charge in [0.05, 0.1) is 16.6 Å². The molecule has 0 heterocycles. The van der Waals surface area contributed by atoms with Gasteiger partial charge in [0.15, 0.2) is 0 Å². The molecule has 0 aliphatic carbocycles. The normalized spacial score (nSPS) is 10.7. The Kier molecular flexibility index (Phi) is 6.08. The number of carboxylic acids is 1. The van der Waals surface area contributed by atoms with E-state index >= 15 is 0 Å². The van der Waals surface area contributed by atoms with Crippen LogP contribution < -0.4 is 5.32 Å². The summed E-state index contributed by atoms with van der Waals surface area (Å²) in [6.07, 6.45) is 2.81. The lowest BCUT2D eigenvalue weighted by Crippen LogP contribution is -2.08. The average molecular weight is 298 g/mol. The smallest absolute Gasteiger partial charge is 0.338 e. The van der Waals surface area contributed by atoms with Gasteiger partial charge in [-0.25, -0.2) is 9.18 Å². The van der Waals surface area contributed by atoms with Gasteiger partial charge in [0, 0.05) is 6.54 Å². The Morgan fingerprint density at radius 2 is 2.10 bits per heavy atom. The van der Waals surface area contributed by atoms with Gasteiger partial charge in [0.25, 0.3) is 5.69 Å². The van der Waals surface area contributed by atoms with E-state index < -0.39 is 28.0 Å². The van der Waals surface area contributed by atoms with Crippen LogP contribution in [0.25, 0.3) is 0 Å². The van der Waals surface area contributed by atoms with Gasteiger partial charge in [0.2, 0.25) is 0 Å². The molecule has 6 nitrogen and oxygen atoms in total. The van der Waals surface area contributed by atoms with Crippen molar-refractivity contribution in [1.82, 2.24) is 0 Å². The molecule has 0 radical (unpaired) electrons. The molecule has 0 unspecified atom stereocenters. The molecule has 7 heteroatoms. The van der Waals surface area contributed by atoms with E-state index in [2.05, 4.69) is 19.2 Å². The van der Waals surface area contributed by atoms with E-state index in [0.29, 0.717) is 18.5 Å². The molecular formula is C14H19FN2O4. The van der Waals surface area contributed by atoms with E-state index in [-0.39, 0.29) is 5.69 Å². The Labute approximate surface area is 122 Å². The van der Waals surface area contributed by atoms with Crippen molar-refractivity contribution in [2.24, 2.45) is 5.92 Å². The minimum atomic E-state index is -1.45. The zero-order valence-corrected chi connectivity index (χ0v) is 12.1. The molecule has 0 bridgehead atoms. The van der Waals surface area contributed by atoms with Gasteiger partial charge in [-0.3, -0.25) is 10.1 Å². The van der Waals surface area contributed by atoms with Gasteiger partial charge < -0.3 is 10.4 Å². The highest BCUT2D eigenvalue weighted by Crippen LogP contribution is 2.28. The second-order valence-corrected chi connectivity index (χ2v) is 5.23. The Morgan fingerprint density at radius 3 is 2.62 bits per heavy atom. The number of aromatic carboxylic acids is 1. The molecule has 0 saturated carbocycles. The van der Waals surface area contributed by atoms with Crippen molar-refractivity contribution in [3.8, 4) is 0 Å². The number of carbonyl (C=O) groups is 1. The number of halogens is 1. The Bertz CT molecular complexity index is 532. The molecule has 0 saturated heterocycles. The highest BCUT2D eigenvalue weighted by molar-refractivity contribution is 5.90. The van der Waals surface area contributed by atoms with E-state index in [9.17, 15) is 19.3 Å². The Morgan fingerprint density at radius 1 is 1.43 bits per heavy atom. The number of hydrogen-bond donors (Lipinski definition) is 2. The second-order valence-electron chi connectivity index (χ2n) is 5.23. The number of anilines is 1. The highest BCUT2D eigenvalue weighted by atomic mass is 19.1. The van der Waals surface area contributed by atoms with Gasteiger partial charge in [0.1, 0.15) is 11.5 Å². The topological polar surface area (TPSA) is 92.5 Å². The zero-order chi connectivity index (χ0) is 16.0. The average Bonchev–Trinajstić information content (AvgIpc) is 2.38. The summed E-state index contributed by atoms with van der Waals surface area (Å²) in [6, 6.07) is 1.61. The maximum absolute atomic E-state index is 13.5. The van der Waals surface area contributed by atoms with Gasteiger partial charge in [-0.2, -0.15) is 0 Å². The third-order valence-corrected chi connectivity index (χ3v) is 3.04. The van der Waals surface area contributed by atoms with E-state index in [1.807, 2.05) is 0 Å². The SMILES string of the molecule is CC(C)CCCCNc1cc(C(=O)O)c(F)cc1[N+](=O)[O-]. The zero-order valence-electron chi connectivity index (χ0n) is 12.1. The van der Waals surface area contributed by atoms with Crippen molar-refractivity contribution in [3.63, 3.8) is 0 Å². The number of nitrogens with zero attached hydrogens (tertiary/aromatic N) is 1. The van der Waals surface area contributed by atoms with Crippen molar-refractivity contribution < 1.29 is 19.2 Å². The molecule has 0 amide bonds. The molecule has 1 rings (SSSR count). The van der Waals surface area contributed by atoms with Crippen molar-refractivity contribution in [2.45, 2.75) is 33.1 Å². The lowest BCUT2D eigenvalue weighted by Gasteiger charge is -2.09. The summed E-state index contributed by atoms with van der Waals surface area (Å²) in [5, 5.41) is 22.6. The van der Waals surface area contributed by atoms with Crippen LogP contribution in [0.5, 0.6) is 0 Å². The van der Waals surface area contributed by atoms with Crippen LogP contribution in [-0.4, -0.2) is 22.5 Å². The number of unbranched alkanes of at least 4 members (excludes halogenated alkanes) is 1. The summed E-state index contributed by atoms with van der Waals surface area (Å²) >= 11 is 0. The first-order valence-electron chi connectivity index (χ1n) is 6.78. The standard InChI is InChI=1S/C14H19FN2O4/c1-9(2)5-3-4-6-16-12-7-10(14(18)19)11(15)8-13(12)17(20)21/h7-9,16H,3-6H2,1-2H3,(H,18,19). The van der Waals surface area contributed by atoms with Crippen molar-refractivity contribution in [2.75, 3.05) is 11.9 Å². The number of hydrogen-bond acceptors (Lipinski definition) is 4. The van der Waals surface area contributed by atoms with Gasteiger partial charge in [-0.1, -0.05) is 26.7 Å². The second kappa shape index (κ2) is 7.56. The largest absolute Gasteiger partial charge is 0.478 e. The first kappa shape index (κ1) is 16.9. The lowest BCUT2D eigenvalue weighted by atomic mass is 10.1. The number of nitro benzene ring substituents is 1. The van der Waals surface area contributed by atoms with Crippen LogP contribution >= 0.6 is 0 Å². The fraction of sp³-hybridized carbons (Fsp3) is 0.500. The summed E-state index contributed by atoms with van der Waals surface area (Å²) in [5.41, 5.74) is -1.00. The fourth-order valence-corrected chi connectivity index (χ4v) is 1.92. The van der Waals surface area contributed by atoms with Gasteiger partial charge in [-0.05, 0) is 18.4 Å². The Balaban J connectivity index is 2.81. The van der Waals surface area contributed by atoms with Crippen LogP contribution in [0.1, 0.15) is 43.5 Å². The van der Waals surface area contributed by atoms with Crippen LogP contribution in [0, 0.1) is 21.8 Å². The third-order valence-electron chi connectivity index (χ3n) is 3.04. The summed E-state index contributed by atoms with van der Waals surface area (Å²) in [5.74, 6) is -1.98.